The van der Waals surface area contributed by atoms with Crippen LogP contribution in [0.5, 0.6) is 0 Å². The SMILES string of the molecule is C[C@@H](N)Cn1ccc(-c2ccc(C#N)c(Cl)c2)n1.Cl. The third kappa shape index (κ3) is 3.71. The second kappa shape index (κ2) is 6.58. The summed E-state index contributed by atoms with van der Waals surface area (Å²) in [6.45, 7) is 2.60. The topological polar surface area (TPSA) is 67.6 Å². The van der Waals surface area contributed by atoms with E-state index in [0.29, 0.717) is 17.1 Å². The van der Waals surface area contributed by atoms with Crippen molar-refractivity contribution in [3.8, 4) is 17.3 Å². The molecule has 19 heavy (non-hydrogen) atoms. The Morgan fingerprint density at radius 1 is 1.47 bits per heavy atom. The van der Waals surface area contributed by atoms with Crippen molar-refractivity contribution in [2.45, 2.75) is 19.5 Å². The molecule has 0 radical (unpaired) electrons. The van der Waals surface area contributed by atoms with Gasteiger partial charge in [0.2, 0.25) is 0 Å². The molecule has 1 atom stereocenters. The zero-order valence-corrected chi connectivity index (χ0v) is 11.9. The van der Waals surface area contributed by atoms with Gasteiger partial charge in [-0.15, -0.1) is 12.4 Å². The molecule has 1 aromatic carbocycles. The fourth-order valence-electron chi connectivity index (χ4n) is 1.68. The van der Waals surface area contributed by atoms with Gasteiger partial charge < -0.3 is 5.73 Å². The number of rotatable bonds is 3. The summed E-state index contributed by atoms with van der Waals surface area (Å²) in [6.07, 6.45) is 1.88. The number of hydrogen-bond acceptors (Lipinski definition) is 3. The normalized spacial score (nSPS) is 11.5. The maximum absolute atomic E-state index is 8.82. The Kier molecular flexibility index (Phi) is 5.37. The van der Waals surface area contributed by atoms with Gasteiger partial charge in [0.25, 0.3) is 0 Å². The monoisotopic (exact) mass is 296 g/mol. The number of nitrogens with two attached hydrogens (primary N) is 1. The standard InChI is InChI=1S/C13H13ClN4.ClH/c1-9(16)8-18-5-4-13(17-18)10-2-3-11(7-15)12(14)6-10;/h2-6,9H,8,16H2,1H3;1H/t9-;/m1./s1. The highest BCUT2D eigenvalue weighted by molar-refractivity contribution is 6.32. The van der Waals surface area contributed by atoms with E-state index in [-0.39, 0.29) is 18.4 Å². The third-order valence-corrected chi connectivity index (χ3v) is 2.81. The lowest BCUT2D eigenvalue weighted by Gasteiger charge is -2.04. The van der Waals surface area contributed by atoms with Crippen molar-refractivity contribution in [3.05, 3.63) is 41.0 Å². The summed E-state index contributed by atoms with van der Waals surface area (Å²) < 4.78 is 1.80. The molecule has 0 amide bonds. The fraction of sp³-hybridized carbons (Fsp3) is 0.231. The Morgan fingerprint density at radius 3 is 2.79 bits per heavy atom. The molecule has 2 N–H and O–H groups in total. The Hall–Kier alpha value is -1.54. The third-order valence-electron chi connectivity index (χ3n) is 2.50. The molecule has 2 rings (SSSR count). The van der Waals surface area contributed by atoms with Crippen molar-refractivity contribution in [1.29, 1.82) is 5.26 Å². The minimum atomic E-state index is 0. The molecule has 0 aliphatic rings. The highest BCUT2D eigenvalue weighted by atomic mass is 35.5. The quantitative estimate of drug-likeness (QED) is 0.947. The largest absolute Gasteiger partial charge is 0.326 e. The first kappa shape index (κ1) is 15.5. The van der Waals surface area contributed by atoms with Gasteiger partial charge in [0.15, 0.2) is 0 Å². The van der Waals surface area contributed by atoms with E-state index in [1.165, 1.54) is 0 Å². The first-order valence-electron chi connectivity index (χ1n) is 5.59. The van der Waals surface area contributed by atoms with E-state index in [1.54, 1.807) is 16.8 Å². The Bertz CT molecular complexity index is 599. The van der Waals surface area contributed by atoms with Crippen LogP contribution < -0.4 is 5.73 Å². The summed E-state index contributed by atoms with van der Waals surface area (Å²) in [5, 5.41) is 13.7. The number of nitriles is 1. The van der Waals surface area contributed by atoms with Gasteiger partial charge in [0.05, 0.1) is 22.8 Å². The first-order chi connectivity index (χ1) is 8.60. The zero-order valence-electron chi connectivity index (χ0n) is 10.4. The Morgan fingerprint density at radius 2 is 2.21 bits per heavy atom. The van der Waals surface area contributed by atoms with Crippen LogP contribution >= 0.6 is 24.0 Å². The van der Waals surface area contributed by atoms with Crippen LogP contribution in [-0.2, 0) is 6.54 Å². The van der Waals surface area contributed by atoms with Gasteiger partial charge in [-0.3, -0.25) is 4.68 Å². The predicted octanol–water partition coefficient (Wildman–Crippen LogP) is 2.84. The molecule has 0 aliphatic carbocycles. The maximum atomic E-state index is 8.82. The van der Waals surface area contributed by atoms with Gasteiger partial charge in [-0.2, -0.15) is 10.4 Å². The van der Waals surface area contributed by atoms with E-state index >= 15 is 0 Å². The van der Waals surface area contributed by atoms with Crippen molar-refractivity contribution in [1.82, 2.24) is 9.78 Å². The maximum Gasteiger partial charge on any atom is 0.101 e. The van der Waals surface area contributed by atoms with Crippen LogP contribution in [0.15, 0.2) is 30.5 Å². The van der Waals surface area contributed by atoms with Gasteiger partial charge in [-0.25, -0.2) is 0 Å². The predicted molar refractivity (Wildman–Crippen MR) is 78.3 cm³/mol. The van der Waals surface area contributed by atoms with Gasteiger partial charge in [-0.05, 0) is 25.1 Å². The first-order valence-corrected chi connectivity index (χ1v) is 5.97. The molecule has 0 aliphatic heterocycles. The lowest BCUT2D eigenvalue weighted by molar-refractivity contribution is 0.540. The van der Waals surface area contributed by atoms with Crippen LogP contribution in [0, 0.1) is 11.3 Å². The van der Waals surface area contributed by atoms with E-state index in [2.05, 4.69) is 5.10 Å². The van der Waals surface area contributed by atoms with Gasteiger partial charge in [-0.1, -0.05) is 17.7 Å². The van der Waals surface area contributed by atoms with Gasteiger partial charge >= 0.3 is 0 Å². The second-order valence-corrected chi connectivity index (χ2v) is 4.61. The lowest BCUT2D eigenvalue weighted by atomic mass is 10.1. The molecular weight excluding hydrogens is 283 g/mol. The molecule has 0 unspecified atom stereocenters. The Labute approximate surface area is 123 Å². The average molecular weight is 297 g/mol. The minimum absolute atomic E-state index is 0. The highest BCUT2D eigenvalue weighted by Crippen LogP contribution is 2.24. The average Bonchev–Trinajstić information content (AvgIpc) is 2.76. The fourth-order valence-corrected chi connectivity index (χ4v) is 1.90. The van der Waals surface area contributed by atoms with Crippen LogP contribution in [0.2, 0.25) is 5.02 Å². The number of nitrogens with zero attached hydrogens (tertiary/aromatic N) is 3. The Balaban J connectivity index is 0.00000180. The smallest absolute Gasteiger partial charge is 0.101 e. The van der Waals surface area contributed by atoms with Crippen molar-refractivity contribution in [3.63, 3.8) is 0 Å². The lowest BCUT2D eigenvalue weighted by Crippen LogP contribution is -2.22. The zero-order chi connectivity index (χ0) is 13.1. The van der Waals surface area contributed by atoms with E-state index in [4.69, 9.17) is 22.6 Å². The number of hydrogen-bond donors (Lipinski definition) is 1. The summed E-state index contributed by atoms with van der Waals surface area (Å²) in [5.41, 5.74) is 7.90. The van der Waals surface area contributed by atoms with E-state index in [1.807, 2.05) is 31.3 Å². The van der Waals surface area contributed by atoms with Crippen LogP contribution in [0.25, 0.3) is 11.3 Å². The van der Waals surface area contributed by atoms with E-state index < -0.39 is 0 Å². The molecule has 4 nitrogen and oxygen atoms in total. The molecule has 6 heteroatoms. The van der Waals surface area contributed by atoms with Crippen molar-refractivity contribution in [2.75, 3.05) is 0 Å². The summed E-state index contributed by atoms with van der Waals surface area (Å²) >= 11 is 5.99. The van der Waals surface area contributed by atoms with Crippen LogP contribution in [0.1, 0.15) is 12.5 Å². The molecule has 0 bridgehead atoms. The summed E-state index contributed by atoms with van der Waals surface area (Å²) in [4.78, 5) is 0. The van der Waals surface area contributed by atoms with Crippen LogP contribution in [-0.4, -0.2) is 15.8 Å². The van der Waals surface area contributed by atoms with Gasteiger partial charge in [0.1, 0.15) is 6.07 Å². The minimum Gasteiger partial charge on any atom is -0.326 e. The summed E-state index contributed by atoms with van der Waals surface area (Å²) in [7, 11) is 0. The highest BCUT2D eigenvalue weighted by Gasteiger charge is 2.06. The molecule has 0 fully saturated rings. The molecule has 0 saturated heterocycles. The van der Waals surface area contributed by atoms with Crippen molar-refractivity contribution < 1.29 is 0 Å². The van der Waals surface area contributed by atoms with E-state index in [9.17, 15) is 0 Å². The molecule has 1 heterocycles. The summed E-state index contributed by atoms with van der Waals surface area (Å²) in [6, 6.07) is 9.27. The number of halogens is 2. The molecule has 2 aromatic rings. The van der Waals surface area contributed by atoms with Gasteiger partial charge in [0, 0.05) is 17.8 Å². The molecule has 1 aromatic heterocycles. The molecule has 0 saturated carbocycles. The summed E-state index contributed by atoms with van der Waals surface area (Å²) in [5.74, 6) is 0. The molecular formula is C13H14Cl2N4. The number of benzene rings is 1. The van der Waals surface area contributed by atoms with Crippen LogP contribution in [0.3, 0.4) is 0 Å². The van der Waals surface area contributed by atoms with Crippen LogP contribution in [0.4, 0.5) is 0 Å². The van der Waals surface area contributed by atoms with E-state index in [0.717, 1.165) is 11.3 Å². The van der Waals surface area contributed by atoms with Crippen molar-refractivity contribution in [2.24, 2.45) is 5.73 Å². The van der Waals surface area contributed by atoms with Crippen molar-refractivity contribution >= 4 is 24.0 Å². The molecule has 0 spiro atoms. The second-order valence-electron chi connectivity index (χ2n) is 4.21. The molecule has 100 valence electrons. The number of aromatic nitrogens is 2.